The summed E-state index contributed by atoms with van der Waals surface area (Å²) in [5.74, 6) is 0.242. The van der Waals surface area contributed by atoms with Crippen molar-refractivity contribution in [1.82, 2.24) is 21.3 Å². The third kappa shape index (κ3) is 85.3. The van der Waals surface area contributed by atoms with Gasteiger partial charge in [0.05, 0.1) is 65.5 Å². The Morgan fingerprint density at radius 1 is 0.366 bits per heavy atom. The van der Waals surface area contributed by atoms with Crippen LogP contribution in [0, 0.1) is 0 Å². The maximum Gasteiger partial charge on any atom is 0.306 e. The Balaban J connectivity index is 0.00000141. The lowest BCUT2D eigenvalue weighted by Gasteiger charge is -2.21. The van der Waals surface area contributed by atoms with Crippen LogP contribution in [0.15, 0.2) is 24.3 Å². The van der Waals surface area contributed by atoms with Crippen molar-refractivity contribution in [2.45, 2.75) is 444 Å². The SMILES string of the molecule is CCCCCCCCCCCC(=O)OC[C@H](CSC[C@H](N)C(=O)NCCc1ccc(OCCOCCO)cc1)OC(=O)CCCCCCCCCCC.CCCCCCCCCCCCCCCC(=O)N[C@@H](CSC[C@@H](COC(=O)CCCCCCCCCCC)OC(=O)CCCCCCCCCCC)C(=O)NCCCOCCOCCOCCCNC(=O)CCC1OCCO1. The lowest BCUT2D eigenvalue weighted by atomic mass is 10.0. The Bertz CT molecular complexity index is 2780. The number of carbonyl (C=O) groups excluding carboxylic acids is 8. The van der Waals surface area contributed by atoms with Gasteiger partial charge >= 0.3 is 23.9 Å². The van der Waals surface area contributed by atoms with E-state index in [9.17, 15) is 38.4 Å². The Morgan fingerprint density at radius 3 is 1.11 bits per heavy atom. The smallest absolute Gasteiger partial charge is 0.306 e. The predicted molar refractivity (Wildman–Crippen MR) is 533 cm³/mol. The highest BCUT2D eigenvalue weighted by atomic mass is 32.2. The normalized spacial score (nSPS) is 12.9. The molecule has 1 saturated heterocycles. The van der Waals surface area contributed by atoms with Crippen LogP contribution >= 0.6 is 23.5 Å². The van der Waals surface area contributed by atoms with Gasteiger partial charge in [0.1, 0.15) is 43.8 Å². The number of aliphatic hydroxyl groups is 1. The van der Waals surface area contributed by atoms with Crippen molar-refractivity contribution in [2.24, 2.45) is 5.73 Å². The zero-order chi connectivity index (χ0) is 95.1. The summed E-state index contributed by atoms with van der Waals surface area (Å²) < 4.78 is 61.5. The number of amides is 4. The first-order valence-corrected chi connectivity index (χ1v) is 55.1. The molecule has 0 unspecified atom stereocenters. The van der Waals surface area contributed by atoms with E-state index in [-0.39, 0.29) is 79.4 Å². The van der Waals surface area contributed by atoms with E-state index in [1.165, 1.54) is 242 Å². The molecular formula is C104H191N5O20S2. The number of benzene rings is 1. The summed E-state index contributed by atoms with van der Waals surface area (Å²) in [6.07, 6.45) is 60.8. The number of hydrogen-bond donors (Lipinski definition) is 6. The topological polar surface area (TPSA) is 332 Å². The molecule has 0 saturated carbocycles. The molecule has 1 aromatic carbocycles. The molecular weight excluding hydrogens is 1700 g/mol. The summed E-state index contributed by atoms with van der Waals surface area (Å²) in [5, 5.41) is 20.5. The van der Waals surface area contributed by atoms with E-state index in [2.05, 4.69) is 55.9 Å². The Hall–Kier alpha value is -4.84. The van der Waals surface area contributed by atoms with Crippen LogP contribution in [0.3, 0.4) is 0 Å². The molecule has 25 nitrogen and oxygen atoms in total. The summed E-state index contributed by atoms with van der Waals surface area (Å²) in [6, 6.07) is 6.14. The molecule has 1 fully saturated rings. The Labute approximate surface area is 803 Å². The van der Waals surface area contributed by atoms with Gasteiger partial charge in [0.25, 0.3) is 0 Å². The number of unbranched alkanes of at least 4 members (excludes halogenated alkanes) is 44. The van der Waals surface area contributed by atoms with Gasteiger partial charge in [0.2, 0.25) is 23.6 Å². The van der Waals surface area contributed by atoms with Gasteiger partial charge in [-0.2, -0.15) is 23.5 Å². The number of aliphatic hydroxyl groups excluding tert-OH is 1. The van der Waals surface area contributed by atoms with Crippen molar-refractivity contribution >= 4 is 71.0 Å². The van der Waals surface area contributed by atoms with E-state index in [4.69, 9.17) is 62.9 Å². The second-order valence-corrected chi connectivity index (χ2v) is 37.6. The van der Waals surface area contributed by atoms with E-state index in [1.54, 1.807) is 0 Å². The van der Waals surface area contributed by atoms with Crippen LogP contribution in [0.4, 0.5) is 0 Å². The number of rotatable bonds is 97. The van der Waals surface area contributed by atoms with Gasteiger partial charge in [0.15, 0.2) is 6.29 Å². The quantitative estimate of drug-likeness (QED) is 0.0200. The first-order chi connectivity index (χ1) is 64.2. The molecule has 7 N–H and O–H groups in total. The lowest BCUT2D eigenvalue weighted by Crippen LogP contribution is -2.48. The molecule has 1 heterocycles. The summed E-state index contributed by atoms with van der Waals surface area (Å²) >= 11 is 2.83. The predicted octanol–water partition coefficient (Wildman–Crippen LogP) is 21.3. The first-order valence-electron chi connectivity index (χ1n) is 52.8. The minimum absolute atomic E-state index is 0.00944. The van der Waals surface area contributed by atoms with Gasteiger partial charge < -0.3 is 84.2 Å². The fraction of sp³-hybridized carbons (Fsp3) is 0.865. The van der Waals surface area contributed by atoms with E-state index < -0.39 is 24.3 Å². The summed E-state index contributed by atoms with van der Waals surface area (Å²) in [6.45, 7) is 17.4. The zero-order valence-corrected chi connectivity index (χ0v) is 85.0. The summed E-state index contributed by atoms with van der Waals surface area (Å²) in [7, 11) is 0. The number of hydrogen-bond acceptors (Lipinski definition) is 23. The Morgan fingerprint density at radius 2 is 0.710 bits per heavy atom. The van der Waals surface area contributed by atoms with E-state index in [0.29, 0.717) is 174 Å². The van der Waals surface area contributed by atoms with Crippen molar-refractivity contribution in [3.63, 3.8) is 0 Å². The van der Waals surface area contributed by atoms with Gasteiger partial charge in [-0.05, 0) is 69.1 Å². The fourth-order valence-corrected chi connectivity index (χ4v) is 17.0. The number of esters is 4. The molecule has 1 aromatic rings. The van der Waals surface area contributed by atoms with Crippen LogP contribution in [0.1, 0.15) is 413 Å². The summed E-state index contributed by atoms with van der Waals surface area (Å²) in [4.78, 5) is 103. The van der Waals surface area contributed by atoms with Crippen LogP contribution in [-0.2, 0) is 92.1 Å². The fourth-order valence-electron chi connectivity index (χ4n) is 15.0. The minimum atomic E-state index is -0.787. The molecule has 0 bridgehead atoms. The molecule has 1 aliphatic rings. The number of nitrogens with one attached hydrogen (secondary N) is 4. The van der Waals surface area contributed by atoms with Gasteiger partial charge in [-0.15, -0.1) is 0 Å². The molecule has 27 heteroatoms. The monoisotopic (exact) mass is 1890 g/mol. The number of nitrogens with two attached hydrogens (primary N) is 1. The van der Waals surface area contributed by atoms with E-state index in [0.717, 1.165) is 108 Å². The second-order valence-electron chi connectivity index (χ2n) is 35.5. The zero-order valence-electron chi connectivity index (χ0n) is 83.4. The first kappa shape index (κ1) is 124. The summed E-state index contributed by atoms with van der Waals surface area (Å²) in [5.41, 5.74) is 7.25. The van der Waals surface area contributed by atoms with E-state index in [1.807, 2.05) is 24.3 Å². The van der Waals surface area contributed by atoms with Crippen molar-refractivity contribution in [3.8, 4) is 5.75 Å². The third-order valence-corrected chi connectivity index (χ3v) is 25.4. The maximum atomic E-state index is 13.6. The molecule has 2 rings (SSSR count). The van der Waals surface area contributed by atoms with Crippen LogP contribution < -0.4 is 31.7 Å². The molecule has 4 amide bonds. The average molecular weight is 1900 g/mol. The molecule has 0 radical (unpaired) electrons. The molecule has 764 valence electrons. The minimum Gasteiger partial charge on any atom is -0.491 e. The maximum absolute atomic E-state index is 13.6. The average Bonchev–Trinajstić information content (AvgIpc) is 1.35. The van der Waals surface area contributed by atoms with E-state index >= 15 is 0 Å². The number of carbonyl (C=O) groups is 8. The van der Waals surface area contributed by atoms with Crippen molar-refractivity contribution in [1.29, 1.82) is 0 Å². The Kier molecular flexibility index (Phi) is 91.8. The van der Waals surface area contributed by atoms with Crippen LogP contribution in [0.25, 0.3) is 0 Å². The highest BCUT2D eigenvalue weighted by molar-refractivity contribution is 7.99. The lowest BCUT2D eigenvalue weighted by molar-refractivity contribution is -0.157. The highest BCUT2D eigenvalue weighted by Crippen LogP contribution is 2.22. The van der Waals surface area contributed by atoms with Crippen molar-refractivity contribution in [3.05, 3.63) is 29.8 Å². The van der Waals surface area contributed by atoms with Crippen molar-refractivity contribution in [2.75, 3.05) is 135 Å². The number of thioether (sulfide) groups is 2. The molecule has 0 aliphatic carbocycles. The number of ether oxygens (including phenoxy) is 11. The van der Waals surface area contributed by atoms with Gasteiger partial charge in [-0.3, -0.25) is 38.4 Å². The van der Waals surface area contributed by atoms with Gasteiger partial charge in [-0.25, -0.2) is 0 Å². The van der Waals surface area contributed by atoms with Gasteiger partial charge in [0, 0.05) is 101 Å². The highest BCUT2D eigenvalue weighted by Gasteiger charge is 2.26. The standard InChI is InChI=1S/C62H117N3O12S.C42H74N2O8S/c1-4-7-10-13-16-19-20-21-22-25-26-29-32-37-58(67)65-56(62(70)64-43-36-45-72-47-49-73-48-46-71-44-35-42-63-57(66)40-41-61-74-50-51-75-61)54-78-53-55(77-60(69)39-34-31-28-24-18-15-12-9-6-3)52-76-59(68)38-33-30-27-23-17-14-11-8-5-2;1-3-5-7-9-11-13-15-17-19-21-40(46)51-33-38(52-41(47)22-20-18-16-14-12-10-8-6-4-2)34-53-35-39(43)42(48)44-28-27-36-23-25-37(26-24-36)50-32-31-49-30-29-45/h55-56,61H,4-54H2,1-3H3,(H,63,66)(H,64,70)(H,65,67);23-26,38-39,45H,3-22,27-35,43H2,1-2H3,(H,44,48)/t55-,56+;38-,39+/m11/s1. The second kappa shape index (κ2) is 96.8. The van der Waals surface area contributed by atoms with Crippen molar-refractivity contribution < 1.29 is 95.6 Å². The van der Waals surface area contributed by atoms with Crippen LogP contribution in [-0.4, -0.2) is 218 Å². The van der Waals surface area contributed by atoms with Gasteiger partial charge in [-0.1, -0.05) is 329 Å². The largest absolute Gasteiger partial charge is 0.491 e. The van der Waals surface area contributed by atoms with Crippen LogP contribution in [0.2, 0.25) is 0 Å². The molecule has 0 spiro atoms. The molecule has 4 atom stereocenters. The molecule has 131 heavy (non-hydrogen) atoms. The van der Waals surface area contributed by atoms with Crippen LogP contribution in [0.5, 0.6) is 5.75 Å². The molecule has 1 aliphatic heterocycles. The third-order valence-electron chi connectivity index (χ3n) is 23.0. The molecule has 0 aromatic heterocycles.